The first-order valence-corrected chi connectivity index (χ1v) is 5.60. The van der Waals surface area contributed by atoms with Crippen LogP contribution in [0.3, 0.4) is 0 Å². The zero-order chi connectivity index (χ0) is 13.8. The van der Waals surface area contributed by atoms with Crippen LogP contribution in [0.25, 0.3) is 0 Å². The summed E-state index contributed by atoms with van der Waals surface area (Å²) in [6.45, 7) is 3.46. The highest BCUT2D eigenvalue weighted by Gasteiger charge is 2.22. The highest BCUT2D eigenvalue weighted by molar-refractivity contribution is 5.94. The van der Waals surface area contributed by atoms with Crippen LogP contribution in [0.1, 0.15) is 37.0 Å². The normalized spacial score (nSPS) is 11.1. The van der Waals surface area contributed by atoms with Crippen molar-refractivity contribution in [3.63, 3.8) is 0 Å². The van der Waals surface area contributed by atoms with E-state index in [2.05, 4.69) is 5.32 Å². The summed E-state index contributed by atoms with van der Waals surface area (Å²) in [5.74, 6) is -1.81. The third-order valence-electron chi connectivity index (χ3n) is 2.50. The number of hydrogen-bond acceptors (Lipinski definition) is 2. The van der Waals surface area contributed by atoms with Crippen LogP contribution in [-0.2, 0) is 4.79 Å². The Morgan fingerprint density at radius 1 is 1.39 bits per heavy atom. The Hall–Kier alpha value is -1.91. The maximum Gasteiger partial charge on any atom is 0.303 e. The summed E-state index contributed by atoms with van der Waals surface area (Å²) in [7, 11) is 0. The van der Waals surface area contributed by atoms with E-state index in [9.17, 15) is 14.0 Å². The predicted octanol–water partition coefficient (Wildman–Crippen LogP) is 2.20. The number of aliphatic carboxylic acids is 1. The van der Waals surface area contributed by atoms with Gasteiger partial charge in [-0.15, -0.1) is 0 Å². The molecule has 5 heteroatoms. The largest absolute Gasteiger partial charge is 0.481 e. The van der Waals surface area contributed by atoms with E-state index in [0.29, 0.717) is 6.42 Å². The van der Waals surface area contributed by atoms with Crippen LogP contribution in [0, 0.1) is 5.82 Å². The third kappa shape index (κ3) is 4.53. The number of hydrogen-bond donors (Lipinski definition) is 2. The van der Waals surface area contributed by atoms with Crippen molar-refractivity contribution >= 4 is 11.9 Å². The molecule has 18 heavy (non-hydrogen) atoms. The zero-order valence-corrected chi connectivity index (χ0v) is 10.4. The van der Waals surface area contributed by atoms with Gasteiger partial charge in [0.2, 0.25) is 0 Å². The summed E-state index contributed by atoms with van der Waals surface area (Å²) in [6, 6.07) is 5.36. The molecule has 0 bridgehead atoms. The fourth-order valence-corrected chi connectivity index (χ4v) is 1.49. The van der Waals surface area contributed by atoms with E-state index in [-0.39, 0.29) is 12.0 Å². The molecule has 0 heterocycles. The van der Waals surface area contributed by atoms with Gasteiger partial charge in [0, 0.05) is 17.5 Å². The third-order valence-corrected chi connectivity index (χ3v) is 2.50. The molecular formula is C13H16FNO3. The molecule has 0 aromatic heterocycles. The van der Waals surface area contributed by atoms with Crippen LogP contribution in [0.4, 0.5) is 4.39 Å². The molecule has 98 valence electrons. The maximum absolute atomic E-state index is 13.0. The van der Waals surface area contributed by atoms with Gasteiger partial charge in [0.15, 0.2) is 0 Å². The van der Waals surface area contributed by atoms with Crippen molar-refractivity contribution in [2.24, 2.45) is 0 Å². The summed E-state index contributed by atoms with van der Waals surface area (Å²) in [4.78, 5) is 22.3. The monoisotopic (exact) mass is 253 g/mol. The second-order valence-corrected chi connectivity index (χ2v) is 4.74. The van der Waals surface area contributed by atoms with Crippen molar-refractivity contribution in [1.29, 1.82) is 0 Å². The molecule has 0 aliphatic rings. The lowest BCUT2D eigenvalue weighted by Gasteiger charge is -2.25. The summed E-state index contributed by atoms with van der Waals surface area (Å²) in [6.07, 6.45) is 0.278. The van der Waals surface area contributed by atoms with E-state index >= 15 is 0 Å². The average Bonchev–Trinajstić information content (AvgIpc) is 2.26. The van der Waals surface area contributed by atoms with Crippen molar-refractivity contribution in [1.82, 2.24) is 5.32 Å². The Balaban J connectivity index is 2.66. The Morgan fingerprint density at radius 2 is 2.06 bits per heavy atom. The molecule has 0 atom stereocenters. The molecule has 1 rings (SSSR count). The molecular weight excluding hydrogens is 237 g/mol. The van der Waals surface area contributed by atoms with Gasteiger partial charge in [-0.2, -0.15) is 0 Å². The minimum absolute atomic E-state index is 0.0313. The van der Waals surface area contributed by atoms with Gasteiger partial charge in [-0.25, -0.2) is 4.39 Å². The van der Waals surface area contributed by atoms with Crippen molar-refractivity contribution in [2.75, 3.05) is 0 Å². The van der Waals surface area contributed by atoms with Gasteiger partial charge in [-0.3, -0.25) is 9.59 Å². The van der Waals surface area contributed by atoms with Crippen LogP contribution in [-0.4, -0.2) is 22.5 Å². The number of carboxylic acid groups (broad SMARTS) is 1. The fraction of sp³-hybridized carbons (Fsp3) is 0.385. The molecule has 0 aliphatic carbocycles. The lowest BCUT2D eigenvalue weighted by molar-refractivity contribution is -0.137. The Bertz CT molecular complexity index is 457. The van der Waals surface area contributed by atoms with Gasteiger partial charge in [-0.05, 0) is 38.5 Å². The van der Waals surface area contributed by atoms with Gasteiger partial charge in [0.1, 0.15) is 5.82 Å². The number of rotatable bonds is 5. The lowest BCUT2D eigenvalue weighted by Crippen LogP contribution is -2.43. The molecule has 0 fully saturated rings. The van der Waals surface area contributed by atoms with Crippen molar-refractivity contribution in [3.05, 3.63) is 35.6 Å². The predicted molar refractivity (Wildman–Crippen MR) is 64.8 cm³/mol. The summed E-state index contributed by atoms with van der Waals surface area (Å²) in [5, 5.41) is 11.3. The molecule has 0 unspecified atom stereocenters. The molecule has 0 saturated carbocycles. The molecule has 1 aromatic carbocycles. The van der Waals surface area contributed by atoms with Gasteiger partial charge in [-0.1, -0.05) is 6.07 Å². The minimum atomic E-state index is -0.914. The van der Waals surface area contributed by atoms with E-state index in [0.717, 1.165) is 6.07 Å². The molecule has 1 amide bonds. The van der Waals surface area contributed by atoms with Gasteiger partial charge in [0.05, 0.1) is 0 Å². The minimum Gasteiger partial charge on any atom is -0.481 e. The topological polar surface area (TPSA) is 66.4 Å². The second kappa shape index (κ2) is 5.62. The highest BCUT2D eigenvalue weighted by Crippen LogP contribution is 2.13. The lowest BCUT2D eigenvalue weighted by atomic mass is 9.98. The maximum atomic E-state index is 13.0. The van der Waals surface area contributed by atoms with Crippen LogP contribution in [0.5, 0.6) is 0 Å². The summed E-state index contributed by atoms with van der Waals surface area (Å²) >= 11 is 0. The summed E-state index contributed by atoms with van der Waals surface area (Å²) < 4.78 is 13.0. The molecule has 0 saturated heterocycles. The smallest absolute Gasteiger partial charge is 0.303 e. The molecule has 0 radical (unpaired) electrons. The summed E-state index contributed by atoms with van der Waals surface area (Å²) in [5.41, 5.74) is -0.430. The SMILES string of the molecule is CC(C)(CCC(=O)O)NC(=O)c1cccc(F)c1. The number of carbonyl (C=O) groups excluding carboxylic acids is 1. The van der Waals surface area contributed by atoms with Crippen molar-refractivity contribution < 1.29 is 19.1 Å². The Morgan fingerprint density at radius 3 is 2.61 bits per heavy atom. The highest BCUT2D eigenvalue weighted by atomic mass is 19.1. The average molecular weight is 253 g/mol. The number of carboxylic acids is 1. The number of carbonyl (C=O) groups is 2. The second-order valence-electron chi connectivity index (χ2n) is 4.74. The number of nitrogens with one attached hydrogen (secondary N) is 1. The zero-order valence-electron chi connectivity index (χ0n) is 10.4. The first-order valence-electron chi connectivity index (χ1n) is 5.60. The van der Waals surface area contributed by atoms with Crippen LogP contribution < -0.4 is 5.32 Å². The molecule has 4 nitrogen and oxygen atoms in total. The Kier molecular flexibility index (Phi) is 4.42. The van der Waals surface area contributed by atoms with E-state index < -0.39 is 23.2 Å². The van der Waals surface area contributed by atoms with E-state index in [1.807, 2.05) is 0 Å². The molecule has 0 spiro atoms. The first-order chi connectivity index (χ1) is 8.30. The van der Waals surface area contributed by atoms with Gasteiger partial charge >= 0.3 is 5.97 Å². The van der Waals surface area contributed by atoms with E-state index in [1.54, 1.807) is 13.8 Å². The van der Waals surface area contributed by atoms with Gasteiger partial charge < -0.3 is 10.4 Å². The van der Waals surface area contributed by atoms with Crippen molar-refractivity contribution in [3.8, 4) is 0 Å². The van der Waals surface area contributed by atoms with E-state index in [1.165, 1.54) is 18.2 Å². The first kappa shape index (κ1) is 14.2. The number of halogens is 1. The van der Waals surface area contributed by atoms with Gasteiger partial charge in [0.25, 0.3) is 5.91 Å². The van der Waals surface area contributed by atoms with E-state index in [4.69, 9.17) is 5.11 Å². The molecule has 1 aromatic rings. The Labute approximate surface area is 105 Å². The number of benzene rings is 1. The van der Waals surface area contributed by atoms with Crippen LogP contribution in [0.15, 0.2) is 24.3 Å². The quantitative estimate of drug-likeness (QED) is 0.845. The molecule has 0 aliphatic heterocycles. The van der Waals surface area contributed by atoms with Crippen LogP contribution >= 0.6 is 0 Å². The fourth-order valence-electron chi connectivity index (χ4n) is 1.49. The van der Waals surface area contributed by atoms with Crippen LogP contribution in [0.2, 0.25) is 0 Å². The standard InChI is InChI=1S/C13H16FNO3/c1-13(2,7-6-11(16)17)15-12(18)9-4-3-5-10(14)8-9/h3-5,8H,6-7H2,1-2H3,(H,15,18)(H,16,17). The molecule has 2 N–H and O–H groups in total. The number of amides is 1. The van der Waals surface area contributed by atoms with Crippen molar-refractivity contribution in [2.45, 2.75) is 32.2 Å².